The van der Waals surface area contributed by atoms with Crippen molar-refractivity contribution in [2.75, 3.05) is 14.2 Å². The summed E-state index contributed by atoms with van der Waals surface area (Å²) in [6, 6.07) is 0. The molecule has 0 heterocycles. The fourth-order valence-corrected chi connectivity index (χ4v) is 2.50. The average molecular weight is 260 g/mol. The minimum Gasteiger partial charge on any atom is -0.467 e. The number of esters is 2. The van der Waals surface area contributed by atoms with Gasteiger partial charge in [-0.05, 0) is 12.8 Å². The van der Waals surface area contributed by atoms with Gasteiger partial charge in [0.1, 0.15) is 0 Å². The number of hydrogen-bond acceptors (Lipinski definition) is 6. The number of carbonyl (C=O) groups excluding carboxylic acids is 2. The summed E-state index contributed by atoms with van der Waals surface area (Å²) in [7, 11) is 2.20. The first-order valence-electron chi connectivity index (χ1n) is 6.05. The predicted molar refractivity (Wildman–Crippen MR) is 61.6 cm³/mol. The number of hydrogen-bond donors (Lipinski definition) is 2. The molecule has 6 heteroatoms. The highest BCUT2D eigenvalue weighted by molar-refractivity contribution is 5.89. The Balaban J connectivity index is 3.00. The van der Waals surface area contributed by atoms with E-state index in [-0.39, 0.29) is 0 Å². The van der Waals surface area contributed by atoms with Crippen LogP contribution >= 0.6 is 0 Å². The molecule has 0 aromatic rings. The summed E-state index contributed by atoms with van der Waals surface area (Å²) in [6.45, 7) is 0. The first kappa shape index (κ1) is 14.9. The van der Waals surface area contributed by atoms with E-state index >= 15 is 0 Å². The molecule has 18 heavy (non-hydrogen) atoms. The first-order valence-corrected chi connectivity index (χ1v) is 6.05. The number of carbonyl (C=O) groups is 2. The minimum absolute atomic E-state index is 0.493. The number of rotatable bonds is 4. The number of methoxy groups -OCH3 is 2. The van der Waals surface area contributed by atoms with Crippen molar-refractivity contribution in [2.24, 2.45) is 5.92 Å². The van der Waals surface area contributed by atoms with Gasteiger partial charge in [-0.3, -0.25) is 0 Å². The molecule has 2 N–H and O–H groups in total. The van der Waals surface area contributed by atoms with Gasteiger partial charge in [0.2, 0.25) is 5.60 Å². The van der Waals surface area contributed by atoms with Crippen molar-refractivity contribution in [3.05, 3.63) is 0 Å². The number of ether oxygens (including phenoxy) is 2. The van der Waals surface area contributed by atoms with E-state index in [0.717, 1.165) is 33.5 Å². The van der Waals surface area contributed by atoms with E-state index < -0.39 is 29.6 Å². The standard InChI is InChI=1S/C12H20O6/c1-17-10(14)9(13)12(16,11(15)18-2)8-6-4-3-5-7-8/h8-9,13,16H,3-7H2,1-2H3. The van der Waals surface area contributed by atoms with Crippen LogP contribution in [0.5, 0.6) is 0 Å². The molecule has 0 bridgehead atoms. The van der Waals surface area contributed by atoms with Crippen LogP contribution in [0, 0.1) is 5.92 Å². The molecule has 1 aliphatic carbocycles. The summed E-state index contributed by atoms with van der Waals surface area (Å²) in [5.41, 5.74) is -2.22. The van der Waals surface area contributed by atoms with Crippen molar-refractivity contribution in [3.63, 3.8) is 0 Å². The van der Waals surface area contributed by atoms with E-state index in [4.69, 9.17) is 0 Å². The van der Waals surface area contributed by atoms with Crippen LogP contribution in [0.1, 0.15) is 32.1 Å². The van der Waals surface area contributed by atoms with Crippen molar-refractivity contribution in [1.82, 2.24) is 0 Å². The second-order valence-electron chi connectivity index (χ2n) is 4.58. The fourth-order valence-electron chi connectivity index (χ4n) is 2.50. The van der Waals surface area contributed by atoms with Gasteiger partial charge in [0.05, 0.1) is 14.2 Å². The van der Waals surface area contributed by atoms with Gasteiger partial charge < -0.3 is 19.7 Å². The van der Waals surface area contributed by atoms with Crippen molar-refractivity contribution >= 4 is 11.9 Å². The molecule has 0 amide bonds. The lowest BCUT2D eigenvalue weighted by Gasteiger charge is -2.37. The molecule has 2 unspecified atom stereocenters. The third-order valence-electron chi connectivity index (χ3n) is 3.58. The SMILES string of the molecule is COC(=O)C(O)C(O)(C(=O)OC)C1CCCCC1. The second kappa shape index (κ2) is 6.15. The quantitative estimate of drug-likeness (QED) is 0.691. The number of aliphatic hydroxyl groups is 2. The van der Waals surface area contributed by atoms with Crippen LogP contribution in [0.2, 0.25) is 0 Å². The normalized spacial score (nSPS) is 21.8. The topological polar surface area (TPSA) is 93.1 Å². The van der Waals surface area contributed by atoms with Crippen LogP contribution in [0.15, 0.2) is 0 Å². The van der Waals surface area contributed by atoms with Gasteiger partial charge >= 0.3 is 11.9 Å². The van der Waals surface area contributed by atoms with E-state index in [1.54, 1.807) is 0 Å². The summed E-state index contributed by atoms with van der Waals surface area (Å²) in [5.74, 6) is -2.52. The lowest BCUT2D eigenvalue weighted by Crippen LogP contribution is -2.59. The van der Waals surface area contributed by atoms with E-state index in [0.29, 0.717) is 12.8 Å². The van der Waals surface area contributed by atoms with Crippen LogP contribution in [-0.2, 0) is 19.1 Å². The fraction of sp³-hybridized carbons (Fsp3) is 0.833. The Bertz CT molecular complexity index is 310. The van der Waals surface area contributed by atoms with E-state index in [1.807, 2.05) is 0 Å². The molecule has 1 rings (SSSR count). The van der Waals surface area contributed by atoms with E-state index in [9.17, 15) is 19.8 Å². The van der Waals surface area contributed by atoms with Gasteiger partial charge in [0.15, 0.2) is 6.10 Å². The summed E-state index contributed by atoms with van der Waals surface area (Å²) in [5, 5.41) is 20.3. The Hall–Kier alpha value is -1.14. The Morgan fingerprint density at radius 2 is 1.72 bits per heavy atom. The van der Waals surface area contributed by atoms with Gasteiger partial charge in [0, 0.05) is 5.92 Å². The van der Waals surface area contributed by atoms with Crippen LogP contribution in [0.25, 0.3) is 0 Å². The Labute approximate surface area is 106 Å². The summed E-state index contributed by atoms with van der Waals surface area (Å²) >= 11 is 0. The monoisotopic (exact) mass is 260 g/mol. The molecule has 0 radical (unpaired) electrons. The molecule has 104 valence electrons. The zero-order chi connectivity index (χ0) is 13.8. The molecule has 0 aliphatic heterocycles. The predicted octanol–water partition coefficient (Wildman–Crippen LogP) is 0.00470. The molecule has 1 fully saturated rings. The molecule has 0 aromatic heterocycles. The molecular formula is C12H20O6. The van der Waals surface area contributed by atoms with Crippen molar-refractivity contribution in [1.29, 1.82) is 0 Å². The van der Waals surface area contributed by atoms with E-state index in [2.05, 4.69) is 9.47 Å². The molecule has 0 spiro atoms. The van der Waals surface area contributed by atoms with Crippen molar-refractivity contribution in [3.8, 4) is 0 Å². The minimum atomic E-state index is -2.22. The van der Waals surface area contributed by atoms with Gasteiger partial charge in [-0.15, -0.1) is 0 Å². The molecule has 2 atom stereocenters. The van der Waals surface area contributed by atoms with E-state index in [1.165, 1.54) is 0 Å². The highest BCUT2D eigenvalue weighted by Gasteiger charge is 2.54. The Morgan fingerprint density at radius 3 is 2.17 bits per heavy atom. The molecule has 0 aromatic carbocycles. The maximum atomic E-state index is 11.8. The molecule has 0 saturated heterocycles. The third kappa shape index (κ3) is 2.64. The van der Waals surface area contributed by atoms with Crippen LogP contribution in [0.4, 0.5) is 0 Å². The lowest BCUT2D eigenvalue weighted by atomic mass is 9.74. The maximum Gasteiger partial charge on any atom is 0.341 e. The smallest absolute Gasteiger partial charge is 0.341 e. The molecule has 1 aliphatic rings. The maximum absolute atomic E-state index is 11.8. The summed E-state index contributed by atoms with van der Waals surface area (Å²) in [4.78, 5) is 23.1. The largest absolute Gasteiger partial charge is 0.467 e. The zero-order valence-electron chi connectivity index (χ0n) is 10.7. The molecule has 1 saturated carbocycles. The van der Waals surface area contributed by atoms with Crippen LogP contribution in [0.3, 0.4) is 0 Å². The molecule has 6 nitrogen and oxygen atoms in total. The number of aliphatic hydroxyl groups excluding tert-OH is 1. The van der Waals surface area contributed by atoms with Crippen LogP contribution in [-0.4, -0.2) is 48.1 Å². The first-order chi connectivity index (χ1) is 8.48. The van der Waals surface area contributed by atoms with Crippen LogP contribution < -0.4 is 0 Å². The van der Waals surface area contributed by atoms with Gasteiger partial charge in [-0.1, -0.05) is 19.3 Å². The third-order valence-corrected chi connectivity index (χ3v) is 3.58. The Morgan fingerprint density at radius 1 is 1.17 bits per heavy atom. The lowest BCUT2D eigenvalue weighted by molar-refractivity contribution is -0.198. The average Bonchev–Trinajstić information content (AvgIpc) is 2.44. The summed E-state index contributed by atoms with van der Waals surface area (Å²) in [6.07, 6.45) is 1.93. The molecular weight excluding hydrogens is 240 g/mol. The van der Waals surface area contributed by atoms with Gasteiger partial charge in [-0.2, -0.15) is 0 Å². The zero-order valence-corrected chi connectivity index (χ0v) is 10.7. The highest BCUT2D eigenvalue weighted by Crippen LogP contribution is 2.36. The summed E-state index contributed by atoms with van der Waals surface area (Å²) < 4.78 is 8.91. The second-order valence-corrected chi connectivity index (χ2v) is 4.58. The highest BCUT2D eigenvalue weighted by atomic mass is 16.6. The Kier molecular flexibility index (Phi) is 5.10. The van der Waals surface area contributed by atoms with Gasteiger partial charge in [-0.25, -0.2) is 9.59 Å². The van der Waals surface area contributed by atoms with Crippen molar-refractivity contribution in [2.45, 2.75) is 43.8 Å². The van der Waals surface area contributed by atoms with Gasteiger partial charge in [0.25, 0.3) is 0 Å². The van der Waals surface area contributed by atoms with Crippen molar-refractivity contribution < 1.29 is 29.3 Å².